The van der Waals surface area contributed by atoms with Gasteiger partial charge in [-0.3, -0.25) is 10.2 Å². The minimum absolute atomic E-state index is 0.166. The molecule has 4 N–H and O–H groups in total. The van der Waals surface area contributed by atoms with E-state index >= 15 is 0 Å². The molecule has 142 valence electrons. The first-order valence-corrected chi connectivity index (χ1v) is 7.67. The first kappa shape index (κ1) is 19.7. The van der Waals surface area contributed by atoms with Crippen molar-refractivity contribution in [1.29, 1.82) is 0 Å². The molecule has 0 aliphatic carbocycles. The monoisotopic (exact) mass is 393 g/mol. The number of nitrogens with zero attached hydrogens (tertiary/aromatic N) is 2. The third-order valence-electron chi connectivity index (χ3n) is 3.76. The van der Waals surface area contributed by atoms with E-state index in [4.69, 9.17) is 16.7 Å². The minimum atomic E-state index is -4.67. The maximum Gasteiger partial charge on any atom is 0.419 e. The number of carboxylic acid groups (broad SMARTS) is 1. The van der Waals surface area contributed by atoms with E-state index in [1.54, 1.807) is 6.92 Å². The highest BCUT2D eigenvalue weighted by Crippen LogP contribution is 2.39. The summed E-state index contributed by atoms with van der Waals surface area (Å²) in [6.45, 7) is 3.02. The molecular weight excluding hydrogens is 379 g/mol. The van der Waals surface area contributed by atoms with Gasteiger partial charge in [0.2, 0.25) is 11.8 Å². The number of pyridine rings is 1. The van der Waals surface area contributed by atoms with Crippen molar-refractivity contribution >= 4 is 23.4 Å². The Balaban J connectivity index is 2.39. The molecule has 0 aromatic carbocycles. The number of hydrogen-bond acceptors (Lipinski definition) is 5. The van der Waals surface area contributed by atoms with Crippen LogP contribution in [0.4, 0.5) is 19.0 Å². The van der Waals surface area contributed by atoms with Gasteiger partial charge < -0.3 is 15.3 Å². The number of aliphatic carboxylic acids is 1. The highest BCUT2D eigenvalue weighted by atomic mass is 35.5. The summed E-state index contributed by atoms with van der Waals surface area (Å²) in [7, 11) is 0. The molecule has 0 bridgehead atoms. The number of carboxylic acids is 1. The number of nitrogens with one attached hydrogen (secondary N) is 1. The summed E-state index contributed by atoms with van der Waals surface area (Å²) in [5.41, 5.74) is 1.72. The molecule has 2 aromatic rings. The van der Waals surface area contributed by atoms with Crippen molar-refractivity contribution in [3.8, 4) is 11.8 Å². The number of alkyl halides is 3. The van der Waals surface area contributed by atoms with Crippen LogP contribution in [-0.4, -0.2) is 30.9 Å². The van der Waals surface area contributed by atoms with E-state index in [1.807, 2.05) is 0 Å². The Morgan fingerprint density at radius 2 is 1.96 bits per heavy atom. The second-order valence-corrected chi connectivity index (χ2v) is 6.02. The summed E-state index contributed by atoms with van der Waals surface area (Å²) in [4.78, 5) is 14.4. The lowest BCUT2D eigenvalue weighted by atomic mass is 9.97. The van der Waals surface area contributed by atoms with Crippen molar-refractivity contribution < 1.29 is 33.3 Å². The predicted octanol–water partition coefficient (Wildman–Crippen LogP) is 3.73. The van der Waals surface area contributed by atoms with Crippen LogP contribution in [0.2, 0.25) is 5.15 Å². The number of hydrogen-bond donors (Lipinski definition) is 4. The molecule has 1 atom stereocenters. The van der Waals surface area contributed by atoms with Crippen LogP contribution in [0.5, 0.6) is 11.8 Å². The third kappa shape index (κ3) is 3.79. The lowest BCUT2D eigenvalue weighted by Crippen LogP contribution is -2.12. The van der Waals surface area contributed by atoms with E-state index in [-0.39, 0.29) is 23.4 Å². The van der Waals surface area contributed by atoms with E-state index in [1.165, 1.54) is 6.92 Å². The van der Waals surface area contributed by atoms with Crippen LogP contribution in [-0.2, 0) is 11.0 Å². The van der Waals surface area contributed by atoms with Crippen molar-refractivity contribution in [1.82, 2.24) is 9.66 Å². The van der Waals surface area contributed by atoms with Gasteiger partial charge >= 0.3 is 12.1 Å². The highest BCUT2D eigenvalue weighted by molar-refractivity contribution is 6.30. The molecule has 1 unspecified atom stereocenters. The van der Waals surface area contributed by atoms with Crippen LogP contribution in [0, 0.1) is 6.92 Å². The van der Waals surface area contributed by atoms with E-state index in [0.717, 1.165) is 10.7 Å². The largest absolute Gasteiger partial charge is 0.493 e. The van der Waals surface area contributed by atoms with E-state index < -0.39 is 40.5 Å². The lowest BCUT2D eigenvalue weighted by molar-refractivity contribution is -0.138. The summed E-state index contributed by atoms with van der Waals surface area (Å²) in [5.74, 6) is -2.79. The molecule has 2 heterocycles. The molecule has 0 fully saturated rings. The van der Waals surface area contributed by atoms with Gasteiger partial charge in [0.1, 0.15) is 11.0 Å². The van der Waals surface area contributed by atoms with Gasteiger partial charge in [0.05, 0.1) is 12.0 Å². The zero-order chi connectivity index (χ0) is 19.8. The number of rotatable bonds is 5. The minimum Gasteiger partial charge on any atom is -0.493 e. The zero-order valence-electron chi connectivity index (χ0n) is 13.6. The van der Waals surface area contributed by atoms with Crippen LogP contribution in [0.1, 0.15) is 36.0 Å². The zero-order valence-corrected chi connectivity index (χ0v) is 14.4. The smallest absolute Gasteiger partial charge is 0.419 e. The molecule has 0 aliphatic heterocycles. The predicted molar refractivity (Wildman–Crippen MR) is 86.4 cm³/mol. The molecule has 0 aliphatic rings. The number of aromatic hydroxyl groups is 2. The molecule has 0 amide bonds. The van der Waals surface area contributed by atoms with Crippen molar-refractivity contribution in [2.75, 3.05) is 5.43 Å². The van der Waals surface area contributed by atoms with Gasteiger partial charge in [-0.1, -0.05) is 18.5 Å². The summed E-state index contributed by atoms with van der Waals surface area (Å²) in [5, 5.41) is 28.5. The standard InChI is InChI=1S/C15H15ClF3N3O4/c1-6(5-10(23)24)11-7(2)13(25)22(14(11)26)21-9-4-3-8(12(16)20-9)15(17,18)19/h3-4,6,25-26H,5H2,1-2H3,(H,20,21)(H,23,24). The summed E-state index contributed by atoms with van der Waals surface area (Å²) in [6, 6.07) is 1.68. The van der Waals surface area contributed by atoms with Crippen LogP contribution in [0.25, 0.3) is 0 Å². The average molecular weight is 394 g/mol. The van der Waals surface area contributed by atoms with Gasteiger partial charge in [-0.15, -0.1) is 0 Å². The number of anilines is 1. The topological polar surface area (TPSA) is 108 Å². The van der Waals surface area contributed by atoms with Gasteiger partial charge in [0.25, 0.3) is 0 Å². The molecule has 26 heavy (non-hydrogen) atoms. The van der Waals surface area contributed by atoms with Gasteiger partial charge in [-0.2, -0.15) is 17.8 Å². The number of aromatic nitrogens is 2. The quantitative estimate of drug-likeness (QED) is 0.576. The van der Waals surface area contributed by atoms with E-state index in [0.29, 0.717) is 6.07 Å². The first-order chi connectivity index (χ1) is 11.9. The normalized spacial score (nSPS) is 12.8. The first-order valence-electron chi connectivity index (χ1n) is 7.29. The fraction of sp³-hybridized carbons (Fsp3) is 0.333. The molecule has 0 saturated carbocycles. The number of halogens is 4. The molecule has 11 heteroatoms. The maximum atomic E-state index is 12.7. The molecule has 0 saturated heterocycles. The van der Waals surface area contributed by atoms with Crippen LogP contribution in [0.3, 0.4) is 0 Å². The Morgan fingerprint density at radius 1 is 1.35 bits per heavy atom. The Bertz CT molecular complexity index is 852. The Labute approximate surface area is 150 Å². The highest BCUT2D eigenvalue weighted by Gasteiger charge is 2.34. The Hall–Kier alpha value is -2.62. The molecule has 0 radical (unpaired) electrons. The Morgan fingerprint density at radius 3 is 2.46 bits per heavy atom. The molecule has 7 nitrogen and oxygen atoms in total. The molecule has 2 aromatic heterocycles. The van der Waals surface area contributed by atoms with E-state index in [2.05, 4.69) is 10.4 Å². The third-order valence-corrected chi connectivity index (χ3v) is 4.05. The van der Waals surface area contributed by atoms with Gasteiger partial charge in [-0.05, 0) is 25.0 Å². The average Bonchev–Trinajstić information content (AvgIpc) is 2.69. The van der Waals surface area contributed by atoms with Gasteiger partial charge in [0.15, 0.2) is 0 Å². The summed E-state index contributed by atoms with van der Waals surface area (Å²) >= 11 is 5.53. The lowest BCUT2D eigenvalue weighted by Gasteiger charge is -2.13. The molecule has 0 spiro atoms. The van der Waals surface area contributed by atoms with Crippen molar-refractivity contribution in [3.63, 3.8) is 0 Å². The maximum absolute atomic E-state index is 12.7. The van der Waals surface area contributed by atoms with Crippen molar-refractivity contribution in [2.45, 2.75) is 32.4 Å². The van der Waals surface area contributed by atoms with Gasteiger partial charge in [-0.25, -0.2) is 4.98 Å². The fourth-order valence-corrected chi connectivity index (χ4v) is 2.82. The summed E-state index contributed by atoms with van der Waals surface area (Å²) in [6.07, 6.45) is -4.96. The van der Waals surface area contributed by atoms with Crippen LogP contribution >= 0.6 is 11.6 Å². The van der Waals surface area contributed by atoms with Crippen molar-refractivity contribution in [3.05, 3.63) is 34.0 Å². The fourth-order valence-electron chi connectivity index (χ4n) is 2.56. The SMILES string of the molecule is Cc1c(C(C)CC(=O)O)c(O)n(Nc2ccc(C(F)(F)F)c(Cl)n2)c1O. The second-order valence-electron chi connectivity index (χ2n) is 5.66. The van der Waals surface area contributed by atoms with Crippen molar-refractivity contribution in [2.24, 2.45) is 0 Å². The molecule has 2 rings (SSSR count). The Kier molecular flexibility index (Phi) is 5.26. The van der Waals surface area contributed by atoms with Crippen LogP contribution < -0.4 is 5.43 Å². The second kappa shape index (κ2) is 6.94. The van der Waals surface area contributed by atoms with E-state index in [9.17, 15) is 28.2 Å². The molecular formula is C15H15ClF3N3O4. The number of carbonyl (C=O) groups is 1. The summed E-state index contributed by atoms with van der Waals surface area (Å²) < 4.78 is 38.9. The van der Waals surface area contributed by atoms with Crippen LogP contribution in [0.15, 0.2) is 12.1 Å². The van der Waals surface area contributed by atoms with Gasteiger partial charge in [0, 0.05) is 11.1 Å².